The number of nitrogens with zero attached hydrogens (tertiary/aromatic N) is 5. The van der Waals surface area contributed by atoms with Crippen molar-refractivity contribution in [2.45, 2.75) is 26.4 Å². The first-order valence-corrected chi connectivity index (χ1v) is 10.9. The number of ether oxygens (including phenoxy) is 2. The van der Waals surface area contributed by atoms with Crippen LogP contribution in [0.4, 0.5) is 22.0 Å². The number of hydrogen-bond acceptors (Lipinski definition) is 9. The van der Waals surface area contributed by atoms with Gasteiger partial charge in [0.15, 0.2) is 5.82 Å². The number of morpholine rings is 1. The van der Waals surface area contributed by atoms with Crippen LogP contribution in [0.15, 0.2) is 30.5 Å². The number of carbonyl (C=O) groups excluding carboxylic acids is 1. The molecule has 0 aliphatic carbocycles. The van der Waals surface area contributed by atoms with Crippen molar-refractivity contribution in [3.63, 3.8) is 0 Å². The van der Waals surface area contributed by atoms with Crippen molar-refractivity contribution < 1.29 is 19.2 Å². The van der Waals surface area contributed by atoms with Crippen LogP contribution in [0.5, 0.6) is 0 Å². The molecule has 1 saturated heterocycles. The van der Waals surface area contributed by atoms with Gasteiger partial charge < -0.3 is 19.3 Å². The Bertz CT molecular complexity index is 1060. The molecule has 0 saturated carbocycles. The van der Waals surface area contributed by atoms with Gasteiger partial charge in [-0.2, -0.15) is 0 Å². The summed E-state index contributed by atoms with van der Waals surface area (Å²) in [5.41, 5.74) is 0.649. The molecule has 0 radical (unpaired) electrons. The Morgan fingerprint density at radius 1 is 1.21 bits per heavy atom. The van der Waals surface area contributed by atoms with E-state index in [-0.39, 0.29) is 17.2 Å². The van der Waals surface area contributed by atoms with Gasteiger partial charge in [0.2, 0.25) is 5.82 Å². The lowest BCUT2D eigenvalue weighted by Crippen LogP contribution is -2.37. The van der Waals surface area contributed by atoms with E-state index in [0.717, 1.165) is 0 Å². The third-order valence-electron chi connectivity index (χ3n) is 4.70. The Hall–Kier alpha value is -3.73. The monoisotopic (exact) mass is 470 g/mol. The lowest BCUT2D eigenvalue weighted by molar-refractivity contribution is -0.384. The maximum absolute atomic E-state index is 12.0. The normalized spacial score (nSPS) is 14.2. The zero-order valence-corrected chi connectivity index (χ0v) is 20.1. The summed E-state index contributed by atoms with van der Waals surface area (Å²) in [4.78, 5) is 36.3. The van der Waals surface area contributed by atoms with Gasteiger partial charge in [-0.15, -0.1) is 0 Å². The minimum atomic E-state index is -0.608. The van der Waals surface area contributed by atoms with Crippen molar-refractivity contribution in [2.75, 3.05) is 50.6 Å². The zero-order valence-electron chi connectivity index (χ0n) is 20.1. The smallest absolute Gasteiger partial charge is 0.412 e. The van der Waals surface area contributed by atoms with Crippen LogP contribution in [0.3, 0.4) is 0 Å². The van der Waals surface area contributed by atoms with E-state index in [1.54, 1.807) is 62.2 Å². The zero-order chi connectivity index (χ0) is 24.9. The molecule has 0 bridgehead atoms. The first kappa shape index (κ1) is 24.9. The van der Waals surface area contributed by atoms with Gasteiger partial charge in [-0.3, -0.25) is 15.4 Å². The molecule has 1 N–H and O–H groups in total. The summed E-state index contributed by atoms with van der Waals surface area (Å²) in [6, 6.07) is 6.90. The number of anilines is 2. The Kier molecular flexibility index (Phi) is 7.67. The van der Waals surface area contributed by atoms with Crippen molar-refractivity contribution in [1.29, 1.82) is 0 Å². The van der Waals surface area contributed by atoms with Crippen LogP contribution in [0.1, 0.15) is 26.5 Å². The minimum Gasteiger partial charge on any atom is -0.444 e. The molecule has 2 heterocycles. The number of nitrogens with one attached hydrogen (secondary N) is 1. The van der Waals surface area contributed by atoms with Gasteiger partial charge >= 0.3 is 11.8 Å². The van der Waals surface area contributed by atoms with Crippen LogP contribution < -0.4 is 10.2 Å². The molecule has 2 aromatic rings. The van der Waals surface area contributed by atoms with Crippen molar-refractivity contribution in [1.82, 2.24) is 14.9 Å². The maximum atomic E-state index is 12.0. The van der Waals surface area contributed by atoms with E-state index in [2.05, 4.69) is 15.3 Å². The highest BCUT2D eigenvalue weighted by molar-refractivity contribution is 5.85. The number of carbonyl (C=O) groups is 1. The lowest BCUT2D eigenvalue weighted by atomic mass is 10.1. The van der Waals surface area contributed by atoms with E-state index < -0.39 is 16.6 Å². The first-order valence-electron chi connectivity index (χ1n) is 10.9. The molecule has 11 nitrogen and oxygen atoms in total. The Labute approximate surface area is 198 Å². The van der Waals surface area contributed by atoms with Gasteiger partial charge in [-0.1, -0.05) is 0 Å². The topological polar surface area (TPSA) is 123 Å². The van der Waals surface area contributed by atoms with Crippen LogP contribution in [-0.2, 0) is 9.47 Å². The van der Waals surface area contributed by atoms with Gasteiger partial charge in [0.1, 0.15) is 11.3 Å². The molecular weight excluding hydrogens is 440 g/mol. The fourth-order valence-electron chi connectivity index (χ4n) is 3.22. The summed E-state index contributed by atoms with van der Waals surface area (Å²) in [5.74, 6) is 0.599. The standard InChI is InChI=1S/C23H30N6O5/c1-23(2,3)34-22(30)24-17-8-6-16(7-9-17)20-25-18(10-11-27(4)5)19(29(31)32)21(26-20)28-12-14-33-15-13-28/h6-11H,12-15H2,1-5H3,(H,24,30)/b11-10+. The van der Waals surface area contributed by atoms with Crippen LogP contribution in [0.25, 0.3) is 17.5 Å². The molecule has 182 valence electrons. The maximum Gasteiger partial charge on any atom is 0.412 e. The highest BCUT2D eigenvalue weighted by Crippen LogP contribution is 2.33. The summed E-state index contributed by atoms with van der Waals surface area (Å²) in [7, 11) is 3.65. The van der Waals surface area contributed by atoms with E-state index in [1.807, 2.05) is 19.0 Å². The largest absolute Gasteiger partial charge is 0.444 e. The second-order valence-corrected chi connectivity index (χ2v) is 8.94. The van der Waals surface area contributed by atoms with Crippen molar-refractivity contribution in [2.24, 2.45) is 0 Å². The fourth-order valence-corrected chi connectivity index (χ4v) is 3.22. The van der Waals surface area contributed by atoms with E-state index in [0.29, 0.717) is 43.4 Å². The minimum absolute atomic E-state index is 0.146. The summed E-state index contributed by atoms with van der Waals surface area (Å²) < 4.78 is 10.7. The number of amides is 1. The van der Waals surface area contributed by atoms with Gasteiger partial charge in [0.05, 0.1) is 18.1 Å². The van der Waals surface area contributed by atoms with E-state index in [9.17, 15) is 14.9 Å². The van der Waals surface area contributed by atoms with Gasteiger partial charge in [-0.05, 0) is 51.1 Å². The van der Waals surface area contributed by atoms with Crippen LogP contribution in [0.2, 0.25) is 0 Å². The average molecular weight is 471 g/mol. The molecule has 1 aromatic heterocycles. The molecule has 0 atom stereocenters. The second-order valence-electron chi connectivity index (χ2n) is 8.94. The average Bonchev–Trinajstić information content (AvgIpc) is 2.76. The van der Waals surface area contributed by atoms with Crippen molar-refractivity contribution in [3.8, 4) is 11.4 Å². The third kappa shape index (κ3) is 6.64. The quantitative estimate of drug-likeness (QED) is 0.496. The third-order valence-corrected chi connectivity index (χ3v) is 4.70. The van der Waals surface area contributed by atoms with Gasteiger partial charge in [0.25, 0.3) is 0 Å². The molecule has 1 aliphatic rings. The predicted octanol–water partition coefficient (Wildman–Crippen LogP) is 3.77. The molecule has 1 aromatic carbocycles. The van der Waals surface area contributed by atoms with Crippen molar-refractivity contribution in [3.05, 3.63) is 46.3 Å². The highest BCUT2D eigenvalue weighted by Gasteiger charge is 2.29. The SMILES string of the molecule is CN(C)/C=C/c1nc(-c2ccc(NC(=O)OC(C)(C)C)cc2)nc(N2CCOCC2)c1[N+](=O)[O-]. The number of rotatable bonds is 6. The Balaban J connectivity index is 1.99. The highest BCUT2D eigenvalue weighted by atomic mass is 16.6. The molecular formula is C23H30N6O5. The predicted molar refractivity (Wildman–Crippen MR) is 130 cm³/mol. The number of nitro groups is 1. The molecule has 34 heavy (non-hydrogen) atoms. The van der Waals surface area contributed by atoms with E-state index in [1.165, 1.54) is 0 Å². The molecule has 1 fully saturated rings. The number of hydrogen-bond donors (Lipinski definition) is 1. The summed E-state index contributed by atoms with van der Waals surface area (Å²) >= 11 is 0. The summed E-state index contributed by atoms with van der Waals surface area (Å²) in [6.45, 7) is 7.27. The van der Waals surface area contributed by atoms with E-state index >= 15 is 0 Å². The second kappa shape index (κ2) is 10.5. The van der Waals surface area contributed by atoms with Gasteiger partial charge in [0, 0.05) is 44.6 Å². The molecule has 0 unspecified atom stereocenters. The number of benzene rings is 1. The summed E-state index contributed by atoms with van der Waals surface area (Å²) in [6.07, 6.45) is 2.75. The number of aromatic nitrogens is 2. The van der Waals surface area contributed by atoms with Gasteiger partial charge in [-0.25, -0.2) is 14.8 Å². The van der Waals surface area contributed by atoms with Crippen molar-refractivity contribution >= 4 is 29.4 Å². The lowest BCUT2D eigenvalue weighted by Gasteiger charge is -2.27. The van der Waals surface area contributed by atoms with E-state index in [4.69, 9.17) is 9.47 Å². The fraction of sp³-hybridized carbons (Fsp3) is 0.435. The summed E-state index contributed by atoms with van der Waals surface area (Å²) in [5, 5.41) is 14.7. The van der Waals surface area contributed by atoms with Crippen LogP contribution >= 0.6 is 0 Å². The first-order chi connectivity index (χ1) is 16.0. The molecule has 11 heteroatoms. The Morgan fingerprint density at radius 3 is 2.41 bits per heavy atom. The molecule has 1 aliphatic heterocycles. The van der Waals surface area contributed by atoms with Crippen LogP contribution in [-0.4, -0.2) is 71.9 Å². The Morgan fingerprint density at radius 2 is 1.85 bits per heavy atom. The molecule has 1 amide bonds. The molecule has 3 rings (SSSR count). The molecule has 0 spiro atoms. The van der Waals surface area contributed by atoms with Crippen LogP contribution in [0, 0.1) is 10.1 Å².